The molecule has 3 nitrogen and oxygen atoms in total. The summed E-state index contributed by atoms with van der Waals surface area (Å²) in [5, 5.41) is 3.94. The molecular weight excluding hydrogens is 370 g/mol. The van der Waals surface area contributed by atoms with Gasteiger partial charge in [0.1, 0.15) is 0 Å². The van der Waals surface area contributed by atoms with Gasteiger partial charge in [-0.25, -0.2) is 8.42 Å². The molecule has 0 aliphatic heterocycles. The third kappa shape index (κ3) is 3.94. The van der Waals surface area contributed by atoms with E-state index in [1.165, 1.54) is 17.6 Å². The van der Waals surface area contributed by atoms with Crippen LogP contribution in [0.1, 0.15) is 38.1 Å². The summed E-state index contributed by atoms with van der Waals surface area (Å²) in [4.78, 5) is 0.931. The molecule has 0 saturated carbocycles. The van der Waals surface area contributed by atoms with Crippen LogP contribution in [0.25, 0.3) is 0 Å². The monoisotopic (exact) mass is 387 g/mol. The Morgan fingerprint density at radius 1 is 1.53 bits per heavy atom. The first-order valence-electron chi connectivity index (χ1n) is 5.99. The fourth-order valence-electron chi connectivity index (χ4n) is 1.70. The molecule has 1 aromatic heterocycles. The van der Waals surface area contributed by atoms with E-state index in [4.69, 9.17) is 11.6 Å². The Morgan fingerprint density at radius 2 is 2.11 bits per heavy atom. The molecule has 0 aliphatic carbocycles. The molecule has 0 amide bonds. The fourth-order valence-corrected chi connectivity index (χ4v) is 4.42. The zero-order valence-corrected chi connectivity index (χ0v) is 15.4. The molecule has 1 aromatic rings. The number of hydrogen-bond donors (Lipinski definition) is 1. The van der Waals surface area contributed by atoms with Gasteiger partial charge in [-0.05, 0) is 48.8 Å². The third-order valence-corrected chi connectivity index (χ3v) is 7.88. The summed E-state index contributed by atoms with van der Waals surface area (Å²) >= 11 is 10.9. The predicted molar refractivity (Wildman–Crippen MR) is 87.0 cm³/mol. The van der Waals surface area contributed by atoms with E-state index in [9.17, 15) is 8.42 Å². The average Bonchev–Trinajstić information content (AvgIpc) is 2.57. The second-order valence-corrected chi connectivity index (χ2v) is 10.4. The Balaban J connectivity index is 3.22. The first-order chi connectivity index (χ1) is 8.61. The van der Waals surface area contributed by atoms with Gasteiger partial charge in [0, 0.05) is 11.1 Å². The first-order valence-corrected chi connectivity index (χ1v) is 9.86. The molecule has 1 heterocycles. The van der Waals surface area contributed by atoms with Gasteiger partial charge in [-0.3, -0.25) is 0 Å². The van der Waals surface area contributed by atoms with E-state index in [2.05, 4.69) is 28.2 Å². The van der Waals surface area contributed by atoms with Crippen LogP contribution in [0.2, 0.25) is 5.02 Å². The van der Waals surface area contributed by atoms with Crippen LogP contribution in [0, 0.1) is 0 Å². The minimum absolute atomic E-state index is 0.267. The summed E-state index contributed by atoms with van der Waals surface area (Å²) < 4.78 is 24.0. The number of halogens is 2. The van der Waals surface area contributed by atoms with Crippen molar-refractivity contribution in [1.82, 2.24) is 5.32 Å². The lowest BCUT2D eigenvalue weighted by Gasteiger charge is -2.32. The Kier molecular flexibility index (Phi) is 5.90. The molecule has 19 heavy (non-hydrogen) atoms. The molecule has 1 atom stereocenters. The molecule has 0 saturated heterocycles. The topological polar surface area (TPSA) is 46.2 Å². The lowest BCUT2D eigenvalue weighted by molar-refractivity contribution is 0.425. The fraction of sp³-hybridized carbons (Fsp3) is 0.667. The summed E-state index contributed by atoms with van der Waals surface area (Å²) in [7, 11) is -3.20. The summed E-state index contributed by atoms with van der Waals surface area (Å²) in [6, 6.07) is 1.56. The van der Waals surface area contributed by atoms with Crippen LogP contribution in [0.15, 0.2) is 9.85 Å². The molecule has 0 bridgehead atoms. The third-order valence-electron chi connectivity index (χ3n) is 3.20. The van der Waals surface area contributed by atoms with Gasteiger partial charge in [0.2, 0.25) is 0 Å². The van der Waals surface area contributed by atoms with Crippen LogP contribution in [-0.2, 0) is 9.84 Å². The molecule has 0 aromatic carbocycles. The van der Waals surface area contributed by atoms with Crippen molar-refractivity contribution in [3.05, 3.63) is 19.8 Å². The van der Waals surface area contributed by atoms with Gasteiger partial charge in [0.15, 0.2) is 9.84 Å². The van der Waals surface area contributed by atoms with E-state index in [0.717, 1.165) is 21.6 Å². The van der Waals surface area contributed by atoms with Crippen molar-refractivity contribution in [2.45, 2.75) is 38.0 Å². The maximum Gasteiger partial charge on any atom is 0.154 e. The van der Waals surface area contributed by atoms with Crippen molar-refractivity contribution >= 4 is 48.7 Å². The molecule has 0 radical (unpaired) electrons. The van der Waals surface area contributed by atoms with E-state index >= 15 is 0 Å². The molecule has 7 heteroatoms. The predicted octanol–water partition coefficient (Wildman–Crippen LogP) is 4.03. The van der Waals surface area contributed by atoms with Gasteiger partial charge in [-0.1, -0.05) is 18.5 Å². The van der Waals surface area contributed by atoms with Gasteiger partial charge < -0.3 is 5.32 Å². The number of hydrogen-bond acceptors (Lipinski definition) is 4. The molecule has 0 spiro atoms. The molecule has 0 fully saturated rings. The van der Waals surface area contributed by atoms with Crippen LogP contribution >= 0.6 is 38.9 Å². The minimum atomic E-state index is -3.20. The summed E-state index contributed by atoms with van der Waals surface area (Å²) in [6.07, 6.45) is 2.22. The van der Waals surface area contributed by atoms with Crippen LogP contribution in [-0.4, -0.2) is 26.0 Å². The van der Waals surface area contributed by atoms with Gasteiger partial charge in [-0.2, -0.15) is 0 Å². The lowest BCUT2D eigenvalue weighted by atomic mass is 10.0. The quantitative estimate of drug-likeness (QED) is 0.800. The number of thiophene rings is 1. The van der Waals surface area contributed by atoms with Crippen molar-refractivity contribution in [3.63, 3.8) is 0 Å². The van der Waals surface area contributed by atoms with Crippen LogP contribution in [0.3, 0.4) is 0 Å². The molecule has 1 unspecified atom stereocenters. The van der Waals surface area contributed by atoms with E-state index in [-0.39, 0.29) is 6.04 Å². The number of sulfone groups is 1. The first kappa shape index (κ1) is 17.4. The van der Waals surface area contributed by atoms with Crippen molar-refractivity contribution < 1.29 is 8.42 Å². The lowest BCUT2D eigenvalue weighted by Crippen LogP contribution is -2.44. The summed E-state index contributed by atoms with van der Waals surface area (Å²) in [5.74, 6) is 0. The molecule has 1 rings (SSSR count). The van der Waals surface area contributed by atoms with E-state index in [0.29, 0.717) is 5.02 Å². The van der Waals surface area contributed by atoms with Gasteiger partial charge in [0.05, 0.1) is 19.6 Å². The van der Waals surface area contributed by atoms with Gasteiger partial charge >= 0.3 is 0 Å². The molecule has 110 valence electrons. The maximum atomic E-state index is 12.0. The van der Waals surface area contributed by atoms with E-state index < -0.39 is 14.6 Å². The largest absolute Gasteiger partial charge is 0.308 e. The highest BCUT2D eigenvalue weighted by atomic mass is 79.9. The molecule has 0 aliphatic rings. The standard InChI is InChI=1S/C12H19BrClNO2S2/c1-5-6-15-10(12(2,3)19(4,16)17)9-7-8(14)11(13)18-9/h7,10,15H,5-6H2,1-4H3. The normalized spacial score (nSPS) is 14.6. The highest BCUT2D eigenvalue weighted by molar-refractivity contribution is 9.11. The Hall–Kier alpha value is 0.380. The van der Waals surface area contributed by atoms with Crippen LogP contribution in [0.4, 0.5) is 0 Å². The Morgan fingerprint density at radius 3 is 2.47 bits per heavy atom. The van der Waals surface area contributed by atoms with E-state index in [1.54, 1.807) is 13.8 Å². The highest BCUT2D eigenvalue weighted by Gasteiger charge is 2.40. The smallest absolute Gasteiger partial charge is 0.154 e. The molecular formula is C12H19BrClNO2S2. The second kappa shape index (κ2) is 6.43. The van der Waals surface area contributed by atoms with Gasteiger partial charge in [-0.15, -0.1) is 11.3 Å². The van der Waals surface area contributed by atoms with Crippen LogP contribution in [0.5, 0.6) is 0 Å². The van der Waals surface area contributed by atoms with Crippen molar-refractivity contribution in [2.24, 2.45) is 0 Å². The minimum Gasteiger partial charge on any atom is -0.308 e. The Labute approximate surface area is 132 Å². The van der Waals surface area contributed by atoms with Crippen molar-refractivity contribution in [1.29, 1.82) is 0 Å². The zero-order valence-electron chi connectivity index (χ0n) is 11.5. The van der Waals surface area contributed by atoms with Crippen molar-refractivity contribution in [3.8, 4) is 0 Å². The Bertz CT molecular complexity index is 520. The zero-order chi connectivity index (χ0) is 14.8. The van der Waals surface area contributed by atoms with Gasteiger partial charge in [0.25, 0.3) is 0 Å². The summed E-state index contributed by atoms with van der Waals surface area (Å²) in [5.41, 5.74) is 0. The average molecular weight is 389 g/mol. The SMILES string of the molecule is CCCNC(c1cc(Cl)c(Br)s1)C(C)(C)S(C)(=O)=O. The second-order valence-electron chi connectivity index (χ2n) is 5.03. The van der Waals surface area contributed by atoms with Crippen LogP contribution < -0.4 is 5.32 Å². The maximum absolute atomic E-state index is 12.0. The molecule has 1 N–H and O–H groups in total. The highest BCUT2D eigenvalue weighted by Crippen LogP contribution is 2.40. The summed E-state index contributed by atoms with van der Waals surface area (Å²) in [6.45, 7) is 6.31. The number of nitrogens with one attached hydrogen (secondary N) is 1. The number of rotatable bonds is 6. The van der Waals surface area contributed by atoms with E-state index in [1.807, 2.05) is 6.07 Å². The van der Waals surface area contributed by atoms with Crippen molar-refractivity contribution in [2.75, 3.05) is 12.8 Å².